The molecule has 3 N–H and O–H groups in total. The molecular weight excluding hydrogens is 361 g/mol. The van der Waals surface area contributed by atoms with Crippen LogP contribution in [-0.4, -0.2) is 83.6 Å². The van der Waals surface area contributed by atoms with Gasteiger partial charge in [0.05, 0.1) is 18.8 Å². The SMILES string of the molecule is CCOCCCCCCN1C[C@H](OCP(=O)(O)OCC)[C@@H](O)[C@@H](O)[C@H]1C. The van der Waals surface area contributed by atoms with E-state index in [0.29, 0.717) is 6.54 Å². The molecule has 0 spiro atoms. The Morgan fingerprint density at radius 2 is 1.77 bits per heavy atom. The molecule has 0 radical (unpaired) electrons. The van der Waals surface area contributed by atoms with Gasteiger partial charge in [-0.2, -0.15) is 0 Å². The fraction of sp³-hybridized carbons (Fsp3) is 1.00. The first-order valence-corrected chi connectivity index (χ1v) is 11.3. The van der Waals surface area contributed by atoms with Crippen molar-refractivity contribution in [1.29, 1.82) is 0 Å². The van der Waals surface area contributed by atoms with Crippen molar-refractivity contribution in [3.63, 3.8) is 0 Å². The second-order valence-corrected chi connectivity index (χ2v) is 8.51. The molecule has 1 unspecified atom stereocenters. The van der Waals surface area contributed by atoms with Gasteiger partial charge in [-0.05, 0) is 40.2 Å². The molecule has 1 heterocycles. The molecule has 5 atom stereocenters. The van der Waals surface area contributed by atoms with E-state index in [4.69, 9.17) is 14.0 Å². The van der Waals surface area contributed by atoms with Crippen LogP contribution in [0.15, 0.2) is 0 Å². The van der Waals surface area contributed by atoms with Crippen LogP contribution in [0.25, 0.3) is 0 Å². The Hall–Kier alpha value is -0.0500. The minimum Gasteiger partial charge on any atom is -0.389 e. The van der Waals surface area contributed by atoms with Crippen molar-refractivity contribution in [1.82, 2.24) is 4.90 Å². The highest BCUT2D eigenvalue weighted by Crippen LogP contribution is 2.42. The average Bonchev–Trinajstić information content (AvgIpc) is 2.59. The molecule has 1 aliphatic heterocycles. The molecule has 1 fully saturated rings. The third-order valence-corrected chi connectivity index (χ3v) is 5.82. The summed E-state index contributed by atoms with van der Waals surface area (Å²) in [6.07, 6.45) is 0.912. The van der Waals surface area contributed by atoms with Crippen LogP contribution in [0, 0.1) is 0 Å². The fourth-order valence-corrected chi connectivity index (χ4v) is 3.98. The zero-order chi connectivity index (χ0) is 19.6. The topological polar surface area (TPSA) is 109 Å². The van der Waals surface area contributed by atoms with Gasteiger partial charge in [0.15, 0.2) is 0 Å². The second kappa shape index (κ2) is 12.4. The van der Waals surface area contributed by atoms with E-state index in [1.54, 1.807) is 6.92 Å². The highest BCUT2D eigenvalue weighted by molar-refractivity contribution is 7.52. The lowest BCUT2D eigenvalue weighted by molar-refractivity contribution is -0.148. The lowest BCUT2D eigenvalue weighted by Gasteiger charge is -2.44. The van der Waals surface area contributed by atoms with Crippen molar-refractivity contribution in [2.75, 3.05) is 39.3 Å². The Balaban J connectivity index is 2.42. The van der Waals surface area contributed by atoms with E-state index in [0.717, 1.165) is 45.4 Å². The summed E-state index contributed by atoms with van der Waals surface area (Å²) >= 11 is 0. The average molecular weight is 397 g/mol. The fourth-order valence-electron chi connectivity index (χ4n) is 3.12. The molecule has 0 aromatic heterocycles. The van der Waals surface area contributed by atoms with Crippen molar-refractivity contribution >= 4 is 7.60 Å². The van der Waals surface area contributed by atoms with Gasteiger partial charge in [0, 0.05) is 25.8 Å². The maximum Gasteiger partial charge on any atom is 0.353 e. The van der Waals surface area contributed by atoms with Gasteiger partial charge < -0.3 is 29.1 Å². The normalized spacial score (nSPS) is 29.6. The summed E-state index contributed by atoms with van der Waals surface area (Å²) in [4.78, 5) is 11.7. The molecule has 0 saturated carbocycles. The number of ether oxygens (including phenoxy) is 2. The first-order chi connectivity index (χ1) is 12.3. The quantitative estimate of drug-likeness (QED) is 0.317. The Bertz CT molecular complexity index is 426. The Labute approximate surface area is 157 Å². The smallest absolute Gasteiger partial charge is 0.353 e. The van der Waals surface area contributed by atoms with Gasteiger partial charge in [-0.3, -0.25) is 9.46 Å². The van der Waals surface area contributed by atoms with Crippen LogP contribution >= 0.6 is 7.60 Å². The summed E-state index contributed by atoms with van der Waals surface area (Å²) in [5.41, 5.74) is 0. The molecule has 8 nitrogen and oxygen atoms in total. The van der Waals surface area contributed by atoms with Crippen molar-refractivity contribution in [2.45, 2.75) is 70.8 Å². The monoisotopic (exact) mass is 397 g/mol. The predicted molar refractivity (Wildman–Crippen MR) is 99.2 cm³/mol. The molecule has 9 heteroatoms. The van der Waals surface area contributed by atoms with Crippen LogP contribution in [0.4, 0.5) is 0 Å². The van der Waals surface area contributed by atoms with Crippen LogP contribution in [0.3, 0.4) is 0 Å². The molecule has 0 aromatic rings. The number of nitrogens with zero attached hydrogens (tertiary/aromatic N) is 1. The number of aliphatic hydroxyl groups excluding tert-OH is 2. The lowest BCUT2D eigenvalue weighted by atomic mass is 9.94. The van der Waals surface area contributed by atoms with E-state index < -0.39 is 32.3 Å². The highest BCUT2D eigenvalue weighted by atomic mass is 31.2. The van der Waals surface area contributed by atoms with Crippen LogP contribution < -0.4 is 0 Å². The third-order valence-electron chi connectivity index (χ3n) is 4.69. The number of piperidine rings is 1. The van der Waals surface area contributed by atoms with Gasteiger partial charge in [0.25, 0.3) is 0 Å². The zero-order valence-electron chi connectivity index (χ0n) is 16.2. The molecule has 0 aromatic carbocycles. The summed E-state index contributed by atoms with van der Waals surface area (Å²) < 4.78 is 27.3. The molecular formula is C17H36NO7P. The maximum absolute atomic E-state index is 11.7. The number of aliphatic hydroxyl groups is 2. The third kappa shape index (κ3) is 8.31. The van der Waals surface area contributed by atoms with E-state index in [9.17, 15) is 19.7 Å². The van der Waals surface area contributed by atoms with Gasteiger partial charge in [0.2, 0.25) is 0 Å². The molecule has 26 heavy (non-hydrogen) atoms. The molecule has 1 rings (SSSR count). The maximum atomic E-state index is 11.7. The summed E-state index contributed by atoms with van der Waals surface area (Å²) in [6.45, 7) is 8.32. The second-order valence-electron chi connectivity index (χ2n) is 6.72. The van der Waals surface area contributed by atoms with Crippen LogP contribution in [-0.2, 0) is 18.6 Å². The Kier molecular flexibility index (Phi) is 11.5. The number of rotatable bonds is 13. The number of unbranched alkanes of at least 4 members (excludes halogenated alkanes) is 3. The summed E-state index contributed by atoms with van der Waals surface area (Å²) in [6, 6.07) is -0.193. The van der Waals surface area contributed by atoms with Crippen molar-refractivity contribution in [2.24, 2.45) is 0 Å². The number of hydrogen-bond acceptors (Lipinski definition) is 7. The van der Waals surface area contributed by atoms with Gasteiger partial charge in [-0.25, -0.2) is 0 Å². The van der Waals surface area contributed by atoms with Crippen LogP contribution in [0.1, 0.15) is 46.5 Å². The van der Waals surface area contributed by atoms with Gasteiger partial charge in [0.1, 0.15) is 12.5 Å². The van der Waals surface area contributed by atoms with Gasteiger partial charge >= 0.3 is 7.60 Å². The van der Waals surface area contributed by atoms with Crippen LogP contribution in [0.2, 0.25) is 0 Å². The van der Waals surface area contributed by atoms with E-state index in [1.807, 2.05) is 13.8 Å². The van der Waals surface area contributed by atoms with Gasteiger partial charge in [-0.15, -0.1) is 0 Å². The molecule has 1 aliphatic rings. The summed E-state index contributed by atoms with van der Waals surface area (Å²) in [5.74, 6) is 0. The molecule has 156 valence electrons. The molecule has 0 bridgehead atoms. The van der Waals surface area contributed by atoms with E-state index in [2.05, 4.69) is 4.90 Å². The Morgan fingerprint density at radius 3 is 2.42 bits per heavy atom. The minimum atomic E-state index is -3.83. The van der Waals surface area contributed by atoms with Crippen molar-refractivity contribution < 1.29 is 33.7 Å². The van der Waals surface area contributed by atoms with E-state index in [-0.39, 0.29) is 12.6 Å². The lowest BCUT2D eigenvalue weighted by Crippen LogP contribution is -2.61. The largest absolute Gasteiger partial charge is 0.389 e. The van der Waals surface area contributed by atoms with Crippen LogP contribution in [0.5, 0.6) is 0 Å². The first-order valence-electron chi connectivity index (χ1n) is 9.58. The van der Waals surface area contributed by atoms with E-state index >= 15 is 0 Å². The van der Waals surface area contributed by atoms with E-state index in [1.165, 1.54) is 0 Å². The van der Waals surface area contributed by atoms with Crippen molar-refractivity contribution in [3.05, 3.63) is 0 Å². The van der Waals surface area contributed by atoms with Gasteiger partial charge in [-0.1, -0.05) is 12.8 Å². The number of likely N-dealkylation sites (tertiary alicyclic amines) is 1. The standard InChI is InChI=1S/C17H36NO7P/c1-4-23-11-9-7-6-8-10-18-12-15(17(20)16(19)14(18)3)24-13-26(21,22)25-5-2/h14-17,19-20H,4-13H2,1-3H3,(H,21,22)/t14-,15+,16+,17-/m1/s1. The number of hydrogen-bond donors (Lipinski definition) is 3. The first kappa shape index (κ1) is 24.0. The highest BCUT2D eigenvalue weighted by Gasteiger charge is 2.41. The predicted octanol–water partition coefficient (Wildman–Crippen LogP) is 1.57. The Morgan fingerprint density at radius 1 is 1.08 bits per heavy atom. The summed E-state index contributed by atoms with van der Waals surface area (Å²) in [7, 11) is -3.83. The van der Waals surface area contributed by atoms with Crippen molar-refractivity contribution in [3.8, 4) is 0 Å². The minimum absolute atomic E-state index is 0.111. The summed E-state index contributed by atoms with van der Waals surface area (Å²) in [5, 5.41) is 20.5. The molecule has 0 aliphatic carbocycles. The molecule has 0 amide bonds. The zero-order valence-corrected chi connectivity index (χ0v) is 17.1. The molecule has 1 saturated heterocycles.